The molecule has 1 amide bonds. The van der Waals surface area contributed by atoms with Gasteiger partial charge in [-0.05, 0) is 19.8 Å². The number of aromatic nitrogens is 3. The van der Waals surface area contributed by atoms with E-state index in [0.29, 0.717) is 37.1 Å². The van der Waals surface area contributed by atoms with Crippen LogP contribution >= 0.6 is 0 Å². The maximum atomic E-state index is 13.8. The monoisotopic (exact) mass is 334 g/mol. The summed E-state index contributed by atoms with van der Waals surface area (Å²) in [7, 11) is 0. The number of pyridine rings is 1. The zero-order valence-corrected chi connectivity index (χ0v) is 13.1. The van der Waals surface area contributed by atoms with Crippen LogP contribution in [0.3, 0.4) is 0 Å². The van der Waals surface area contributed by atoms with Gasteiger partial charge in [0.1, 0.15) is 11.6 Å². The van der Waals surface area contributed by atoms with Crippen LogP contribution in [0.4, 0.5) is 8.78 Å². The molecule has 24 heavy (non-hydrogen) atoms. The Morgan fingerprint density at radius 1 is 1.38 bits per heavy atom. The van der Waals surface area contributed by atoms with E-state index in [4.69, 9.17) is 0 Å². The number of hydrogen-bond acceptors (Lipinski definition) is 4. The minimum Gasteiger partial charge on any atom is -0.337 e. The van der Waals surface area contributed by atoms with Gasteiger partial charge in [0.25, 0.3) is 11.5 Å². The molecule has 2 aromatic heterocycles. The molecule has 6 nitrogen and oxygen atoms in total. The standard InChI is InChI=1S/C16H16F2N4O2/c1-9-20-13(6-14(23)21-9)10-3-2-4-22(8-10)16(24)15-12(18)5-11(17)7-19-15/h5-7,10H,2-4,8H2,1H3,(H,20,21,23)/t10-/m0/s1. The van der Waals surface area contributed by atoms with E-state index in [1.54, 1.807) is 6.92 Å². The molecule has 1 aliphatic heterocycles. The van der Waals surface area contributed by atoms with Crippen LogP contribution in [0, 0.1) is 18.6 Å². The molecule has 0 saturated carbocycles. The second kappa shape index (κ2) is 6.46. The summed E-state index contributed by atoms with van der Waals surface area (Å²) in [4.78, 5) is 36.0. The normalized spacial score (nSPS) is 17.8. The lowest BCUT2D eigenvalue weighted by Crippen LogP contribution is -2.40. The number of aryl methyl sites for hydroxylation is 1. The molecule has 0 aliphatic carbocycles. The van der Waals surface area contributed by atoms with Gasteiger partial charge in [-0.2, -0.15) is 0 Å². The lowest BCUT2D eigenvalue weighted by molar-refractivity contribution is 0.0694. The summed E-state index contributed by atoms with van der Waals surface area (Å²) in [6.45, 7) is 2.46. The molecule has 1 atom stereocenters. The first-order valence-corrected chi connectivity index (χ1v) is 7.62. The summed E-state index contributed by atoms with van der Waals surface area (Å²) in [5.41, 5.74) is -0.0272. The Labute approximate surface area is 136 Å². The number of likely N-dealkylation sites (tertiary alicyclic amines) is 1. The van der Waals surface area contributed by atoms with E-state index in [-0.39, 0.29) is 11.5 Å². The van der Waals surface area contributed by atoms with Gasteiger partial charge < -0.3 is 9.88 Å². The van der Waals surface area contributed by atoms with E-state index < -0.39 is 23.2 Å². The highest BCUT2D eigenvalue weighted by atomic mass is 19.1. The molecule has 126 valence electrons. The number of nitrogens with zero attached hydrogens (tertiary/aromatic N) is 3. The van der Waals surface area contributed by atoms with Gasteiger partial charge in [0.05, 0.1) is 11.9 Å². The summed E-state index contributed by atoms with van der Waals surface area (Å²) in [6.07, 6.45) is 2.30. The van der Waals surface area contributed by atoms with E-state index in [1.807, 2.05) is 0 Å². The van der Waals surface area contributed by atoms with E-state index >= 15 is 0 Å². The number of piperidine rings is 1. The van der Waals surface area contributed by atoms with Crippen LogP contribution in [0.2, 0.25) is 0 Å². The van der Waals surface area contributed by atoms with Crippen molar-refractivity contribution in [3.8, 4) is 0 Å². The summed E-state index contributed by atoms with van der Waals surface area (Å²) in [5, 5.41) is 0. The number of carbonyl (C=O) groups excluding carboxylic acids is 1. The largest absolute Gasteiger partial charge is 0.337 e. The fourth-order valence-electron chi connectivity index (χ4n) is 2.94. The topological polar surface area (TPSA) is 79.0 Å². The number of amides is 1. The molecule has 1 saturated heterocycles. The van der Waals surface area contributed by atoms with Crippen molar-refractivity contribution in [2.24, 2.45) is 0 Å². The van der Waals surface area contributed by atoms with Crippen molar-refractivity contribution >= 4 is 5.91 Å². The third kappa shape index (κ3) is 3.32. The number of rotatable bonds is 2. The molecule has 1 aliphatic rings. The Balaban J connectivity index is 1.82. The van der Waals surface area contributed by atoms with Crippen LogP contribution in [0.5, 0.6) is 0 Å². The Kier molecular flexibility index (Phi) is 4.37. The lowest BCUT2D eigenvalue weighted by atomic mass is 9.94. The maximum Gasteiger partial charge on any atom is 0.275 e. The zero-order chi connectivity index (χ0) is 17.3. The van der Waals surface area contributed by atoms with Crippen molar-refractivity contribution < 1.29 is 13.6 Å². The van der Waals surface area contributed by atoms with Crippen LogP contribution < -0.4 is 5.56 Å². The van der Waals surface area contributed by atoms with Crippen molar-refractivity contribution in [3.05, 3.63) is 57.5 Å². The minimum atomic E-state index is -0.979. The van der Waals surface area contributed by atoms with E-state index in [1.165, 1.54) is 11.0 Å². The van der Waals surface area contributed by atoms with Crippen molar-refractivity contribution in [1.29, 1.82) is 0 Å². The highest BCUT2D eigenvalue weighted by Gasteiger charge is 2.28. The summed E-state index contributed by atoms with van der Waals surface area (Å²) < 4.78 is 26.7. The molecule has 0 radical (unpaired) electrons. The van der Waals surface area contributed by atoms with Gasteiger partial charge in [0.2, 0.25) is 0 Å². The first-order chi connectivity index (χ1) is 11.4. The first kappa shape index (κ1) is 16.2. The molecule has 0 bridgehead atoms. The van der Waals surface area contributed by atoms with E-state index in [0.717, 1.165) is 12.6 Å². The number of nitrogens with one attached hydrogen (secondary N) is 1. The number of carbonyl (C=O) groups is 1. The molecule has 1 N–H and O–H groups in total. The maximum absolute atomic E-state index is 13.8. The number of H-pyrrole nitrogens is 1. The zero-order valence-electron chi connectivity index (χ0n) is 13.1. The fraction of sp³-hybridized carbons (Fsp3) is 0.375. The number of halogens is 2. The van der Waals surface area contributed by atoms with Gasteiger partial charge in [-0.1, -0.05) is 0 Å². The van der Waals surface area contributed by atoms with Crippen LogP contribution in [-0.2, 0) is 0 Å². The van der Waals surface area contributed by atoms with Gasteiger partial charge in [-0.3, -0.25) is 9.59 Å². The lowest BCUT2D eigenvalue weighted by Gasteiger charge is -2.32. The van der Waals surface area contributed by atoms with Gasteiger partial charge >= 0.3 is 0 Å². The summed E-state index contributed by atoms with van der Waals surface area (Å²) >= 11 is 0. The highest BCUT2D eigenvalue weighted by Crippen LogP contribution is 2.26. The average Bonchev–Trinajstić information content (AvgIpc) is 2.53. The molecule has 3 rings (SSSR count). The first-order valence-electron chi connectivity index (χ1n) is 7.62. The third-order valence-electron chi connectivity index (χ3n) is 4.02. The van der Waals surface area contributed by atoms with Crippen molar-refractivity contribution in [3.63, 3.8) is 0 Å². The molecule has 0 unspecified atom stereocenters. The Morgan fingerprint density at radius 3 is 2.88 bits per heavy atom. The second-order valence-corrected chi connectivity index (χ2v) is 5.83. The van der Waals surface area contributed by atoms with Crippen LogP contribution in [0.25, 0.3) is 0 Å². The quantitative estimate of drug-likeness (QED) is 0.908. The second-order valence-electron chi connectivity index (χ2n) is 5.83. The van der Waals surface area contributed by atoms with Crippen molar-refractivity contribution in [2.45, 2.75) is 25.7 Å². The molecule has 0 spiro atoms. The molecular weight excluding hydrogens is 318 g/mol. The van der Waals surface area contributed by atoms with Gasteiger partial charge in [-0.25, -0.2) is 18.7 Å². The molecule has 2 aromatic rings. The third-order valence-corrected chi connectivity index (χ3v) is 4.02. The molecular formula is C16H16F2N4O2. The minimum absolute atomic E-state index is 0.104. The van der Waals surface area contributed by atoms with Crippen LogP contribution in [0.15, 0.2) is 23.1 Å². The van der Waals surface area contributed by atoms with Gasteiger partial charge in [0.15, 0.2) is 11.5 Å². The summed E-state index contributed by atoms with van der Waals surface area (Å²) in [6, 6.07) is 2.06. The molecule has 3 heterocycles. The smallest absolute Gasteiger partial charge is 0.275 e. The Hall–Kier alpha value is -2.64. The SMILES string of the molecule is Cc1nc([C@H]2CCCN(C(=O)c3ncc(F)cc3F)C2)cc(=O)[nH]1. The van der Waals surface area contributed by atoms with Gasteiger partial charge in [-0.15, -0.1) is 0 Å². The van der Waals surface area contributed by atoms with Crippen molar-refractivity contribution in [1.82, 2.24) is 19.9 Å². The van der Waals surface area contributed by atoms with Crippen LogP contribution in [0.1, 0.15) is 40.8 Å². The van der Waals surface area contributed by atoms with E-state index in [9.17, 15) is 18.4 Å². The van der Waals surface area contributed by atoms with Crippen LogP contribution in [-0.4, -0.2) is 38.8 Å². The molecule has 8 heteroatoms. The Bertz CT molecular complexity index is 837. The Morgan fingerprint density at radius 2 is 2.17 bits per heavy atom. The summed E-state index contributed by atoms with van der Waals surface area (Å²) in [5.74, 6) is -1.99. The molecule has 1 fully saturated rings. The van der Waals surface area contributed by atoms with Crippen molar-refractivity contribution in [2.75, 3.05) is 13.1 Å². The predicted octanol–water partition coefficient (Wildman–Crippen LogP) is 1.77. The number of hydrogen-bond donors (Lipinski definition) is 1. The highest BCUT2D eigenvalue weighted by molar-refractivity contribution is 5.92. The van der Waals surface area contributed by atoms with E-state index in [2.05, 4.69) is 15.0 Å². The predicted molar refractivity (Wildman–Crippen MR) is 81.6 cm³/mol. The van der Waals surface area contributed by atoms with Gasteiger partial charge in [0, 0.05) is 31.1 Å². The fourth-order valence-corrected chi connectivity index (χ4v) is 2.94. The molecule has 0 aromatic carbocycles. The average molecular weight is 334 g/mol. The number of aromatic amines is 1.